The van der Waals surface area contributed by atoms with Gasteiger partial charge < -0.3 is 9.73 Å². The molecule has 1 aromatic carbocycles. The smallest absolute Gasteiger partial charge is 0.243 e. The fraction of sp³-hybridized carbons (Fsp3) is 0.421. The fourth-order valence-electron chi connectivity index (χ4n) is 3.12. The highest BCUT2D eigenvalue weighted by molar-refractivity contribution is 7.89. The summed E-state index contributed by atoms with van der Waals surface area (Å²) in [7, 11) is -3.52. The van der Waals surface area contributed by atoms with Crippen LogP contribution >= 0.6 is 0 Å². The van der Waals surface area contributed by atoms with Crippen molar-refractivity contribution in [3.05, 3.63) is 54.0 Å². The second kappa shape index (κ2) is 8.51. The van der Waals surface area contributed by atoms with Gasteiger partial charge in [-0.1, -0.05) is 24.6 Å². The molecular formula is C19H24N2O4S. The van der Waals surface area contributed by atoms with Crippen LogP contribution in [0.1, 0.15) is 37.0 Å². The summed E-state index contributed by atoms with van der Waals surface area (Å²) >= 11 is 0. The lowest BCUT2D eigenvalue weighted by molar-refractivity contribution is -0.121. The van der Waals surface area contributed by atoms with Crippen LogP contribution in [0.2, 0.25) is 0 Å². The summed E-state index contributed by atoms with van der Waals surface area (Å²) in [4.78, 5) is 12.3. The van der Waals surface area contributed by atoms with Crippen LogP contribution in [-0.2, 0) is 27.8 Å². The summed E-state index contributed by atoms with van der Waals surface area (Å²) < 4.78 is 32.6. The number of carbonyl (C=O) groups excluding carboxylic acids is 1. The molecule has 0 radical (unpaired) electrons. The van der Waals surface area contributed by atoms with Gasteiger partial charge in [-0.3, -0.25) is 4.79 Å². The summed E-state index contributed by atoms with van der Waals surface area (Å²) in [6.45, 7) is 1.32. The number of nitrogens with zero attached hydrogens (tertiary/aromatic N) is 1. The zero-order valence-corrected chi connectivity index (χ0v) is 15.5. The van der Waals surface area contributed by atoms with E-state index in [2.05, 4.69) is 5.32 Å². The number of amides is 1. The molecule has 1 aliphatic heterocycles. The van der Waals surface area contributed by atoms with Crippen molar-refractivity contribution in [1.82, 2.24) is 9.62 Å². The number of nitrogens with one attached hydrogen (secondary N) is 1. The molecule has 1 aromatic heterocycles. The largest absolute Gasteiger partial charge is 0.469 e. The third kappa shape index (κ3) is 4.53. The summed E-state index contributed by atoms with van der Waals surface area (Å²) in [5, 5.41) is 2.81. The Balaban J connectivity index is 1.64. The van der Waals surface area contributed by atoms with Gasteiger partial charge in [-0.2, -0.15) is 4.31 Å². The van der Waals surface area contributed by atoms with Crippen LogP contribution in [0.3, 0.4) is 0 Å². The molecule has 1 saturated heterocycles. The van der Waals surface area contributed by atoms with Crippen LogP contribution in [0, 0.1) is 0 Å². The van der Waals surface area contributed by atoms with Crippen LogP contribution in [0.4, 0.5) is 0 Å². The maximum absolute atomic E-state index is 12.9. The highest BCUT2D eigenvalue weighted by Crippen LogP contribution is 2.23. The molecule has 0 atom stereocenters. The van der Waals surface area contributed by atoms with Gasteiger partial charge in [-0.15, -0.1) is 0 Å². The Bertz CT molecular complexity index is 825. The van der Waals surface area contributed by atoms with E-state index in [4.69, 9.17) is 4.42 Å². The number of hydrogen-bond donors (Lipinski definition) is 1. The van der Waals surface area contributed by atoms with Gasteiger partial charge >= 0.3 is 0 Å². The van der Waals surface area contributed by atoms with Crippen LogP contribution in [0.5, 0.6) is 0 Å². The van der Waals surface area contributed by atoms with Crippen molar-refractivity contribution in [2.45, 2.75) is 43.5 Å². The van der Waals surface area contributed by atoms with Crippen LogP contribution in [0.15, 0.2) is 52.0 Å². The predicted octanol–water partition coefficient (Wildman–Crippen LogP) is 2.70. The lowest BCUT2D eigenvalue weighted by Crippen LogP contribution is -2.36. The number of aryl methyl sites for hydroxylation is 1. The van der Waals surface area contributed by atoms with Crippen molar-refractivity contribution in [3.8, 4) is 0 Å². The van der Waals surface area contributed by atoms with Crippen molar-refractivity contribution in [3.63, 3.8) is 0 Å². The zero-order valence-electron chi connectivity index (χ0n) is 14.7. The van der Waals surface area contributed by atoms with Gasteiger partial charge in [0.25, 0.3) is 0 Å². The van der Waals surface area contributed by atoms with E-state index in [0.29, 0.717) is 31.5 Å². The first-order valence-corrected chi connectivity index (χ1v) is 10.4. The molecule has 26 heavy (non-hydrogen) atoms. The highest BCUT2D eigenvalue weighted by Gasteiger charge is 2.27. The lowest BCUT2D eigenvalue weighted by Gasteiger charge is -2.26. The van der Waals surface area contributed by atoms with E-state index >= 15 is 0 Å². The normalized spacial score (nSPS) is 15.7. The molecule has 2 heterocycles. The molecular weight excluding hydrogens is 352 g/mol. The van der Waals surface area contributed by atoms with E-state index in [1.807, 2.05) is 6.07 Å². The lowest BCUT2D eigenvalue weighted by atomic mass is 10.2. The van der Waals surface area contributed by atoms with Crippen molar-refractivity contribution in [1.29, 1.82) is 0 Å². The highest BCUT2D eigenvalue weighted by atomic mass is 32.2. The van der Waals surface area contributed by atoms with E-state index in [0.717, 1.165) is 25.0 Å². The Morgan fingerprint density at radius 3 is 2.58 bits per heavy atom. The second-order valence-electron chi connectivity index (χ2n) is 6.43. The molecule has 0 aliphatic carbocycles. The Labute approximate surface area is 154 Å². The molecule has 1 amide bonds. The Kier molecular flexibility index (Phi) is 6.11. The molecule has 6 nitrogen and oxygen atoms in total. The van der Waals surface area contributed by atoms with Crippen molar-refractivity contribution < 1.29 is 17.6 Å². The summed E-state index contributed by atoms with van der Waals surface area (Å²) in [5.74, 6) is 0.625. The van der Waals surface area contributed by atoms with E-state index < -0.39 is 10.0 Å². The number of benzene rings is 1. The van der Waals surface area contributed by atoms with Gasteiger partial charge in [0.15, 0.2) is 0 Å². The minimum absolute atomic E-state index is 0.133. The molecule has 1 aliphatic rings. The monoisotopic (exact) mass is 376 g/mol. The quantitative estimate of drug-likeness (QED) is 0.806. The first kappa shape index (κ1) is 18.7. The molecule has 2 aromatic rings. The first-order chi connectivity index (χ1) is 12.6. The number of hydrogen-bond acceptors (Lipinski definition) is 4. The first-order valence-electron chi connectivity index (χ1n) is 8.94. The Morgan fingerprint density at radius 2 is 1.85 bits per heavy atom. The molecule has 0 spiro atoms. The SMILES string of the molecule is O=C(CCc1ccco1)NCc1ccccc1S(=O)(=O)N1CCCCC1. The number of sulfonamides is 1. The minimum atomic E-state index is -3.52. The van der Waals surface area contributed by atoms with E-state index in [1.54, 1.807) is 40.9 Å². The molecule has 0 bridgehead atoms. The van der Waals surface area contributed by atoms with Gasteiger partial charge in [0, 0.05) is 32.5 Å². The van der Waals surface area contributed by atoms with Crippen molar-refractivity contribution >= 4 is 15.9 Å². The molecule has 1 fully saturated rings. The standard InChI is InChI=1S/C19H24N2O4S/c22-19(11-10-17-8-6-14-25-17)20-15-16-7-2-3-9-18(16)26(23,24)21-12-4-1-5-13-21/h2-3,6-9,14H,1,4-5,10-13,15H2,(H,20,22). The number of furan rings is 1. The third-order valence-electron chi connectivity index (χ3n) is 4.56. The molecule has 7 heteroatoms. The van der Waals surface area contributed by atoms with Crippen molar-refractivity contribution in [2.24, 2.45) is 0 Å². The minimum Gasteiger partial charge on any atom is -0.469 e. The maximum Gasteiger partial charge on any atom is 0.243 e. The number of rotatable bonds is 7. The van der Waals surface area contributed by atoms with Gasteiger partial charge in [0.1, 0.15) is 5.76 Å². The maximum atomic E-state index is 12.9. The summed E-state index contributed by atoms with van der Waals surface area (Å²) in [6, 6.07) is 10.5. The molecule has 3 rings (SSSR count). The molecule has 0 unspecified atom stereocenters. The van der Waals surface area contributed by atoms with Gasteiger partial charge in [-0.05, 0) is 36.6 Å². The summed E-state index contributed by atoms with van der Waals surface area (Å²) in [6.07, 6.45) is 5.26. The molecule has 140 valence electrons. The molecule has 1 N–H and O–H groups in total. The topological polar surface area (TPSA) is 79.6 Å². The van der Waals surface area contributed by atoms with Gasteiger partial charge in [0.2, 0.25) is 15.9 Å². The Morgan fingerprint density at radius 1 is 1.08 bits per heavy atom. The van der Waals surface area contributed by atoms with E-state index in [1.165, 1.54) is 0 Å². The van der Waals surface area contributed by atoms with E-state index in [9.17, 15) is 13.2 Å². The van der Waals surface area contributed by atoms with Crippen LogP contribution in [0.25, 0.3) is 0 Å². The second-order valence-corrected chi connectivity index (χ2v) is 8.33. The van der Waals surface area contributed by atoms with Crippen molar-refractivity contribution in [2.75, 3.05) is 13.1 Å². The summed E-state index contributed by atoms with van der Waals surface area (Å²) in [5.41, 5.74) is 0.615. The van der Waals surface area contributed by atoms with E-state index in [-0.39, 0.29) is 17.3 Å². The van der Waals surface area contributed by atoms with Crippen LogP contribution < -0.4 is 5.32 Å². The number of piperidine rings is 1. The fourth-order valence-corrected chi connectivity index (χ4v) is 4.86. The predicted molar refractivity (Wildman–Crippen MR) is 97.9 cm³/mol. The number of carbonyl (C=O) groups is 1. The van der Waals surface area contributed by atoms with Gasteiger partial charge in [-0.25, -0.2) is 8.42 Å². The third-order valence-corrected chi connectivity index (χ3v) is 6.56. The average molecular weight is 376 g/mol. The molecule has 0 saturated carbocycles. The average Bonchev–Trinajstić information content (AvgIpc) is 3.19. The van der Waals surface area contributed by atoms with Gasteiger partial charge in [0.05, 0.1) is 11.2 Å². The zero-order chi connectivity index (χ0) is 18.4. The van der Waals surface area contributed by atoms with Crippen LogP contribution in [-0.4, -0.2) is 31.7 Å². The Hall–Kier alpha value is -2.12.